The Morgan fingerprint density at radius 3 is 2.33 bits per heavy atom. The van der Waals surface area contributed by atoms with Crippen LogP contribution in [0.15, 0.2) is 55.9 Å². The van der Waals surface area contributed by atoms with Crippen LogP contribution in [0, 0.1) is 0 Å². The Labute approximate surface area is 143 Å². The van der Waals surface area contributed by atoms with Gasteiger partial charge >= 0.3 is 0 Å². The molecule has 0 aliphatic carbocycles. The average molecular weight is 429 g/mol. The van der Waals surface area contributed by atoms with Crippen LogP contribution in [0.4, 0.5) is 5.88 Å². The third kappa shape index (κ3) is 2.86. The van der Waals surface area contributed by atoms with Crippen LogP contribution in [0.3, 0.4) is 0 Å². The summed E-state index contributed by atoms with van der Waals surface area (Å²) in [6.07, 6.45) is 0. The number of nitrogen functional groups attached to an aromatic ring is 1. The van der Waals surface area contributed by atoms with Crippen molar-refractivity contribution in [2.75, 3.05) is 5.73 Å². The first-order valence-electron chi connectivity index (χ1n) is 6.03. The van der Waals surface area contributed by atoms with E-state index in [1.807, 2.05) is 42.5 Å². The maximum atomic E-state index is 6.15. The summed E-state index contributed by atoms with van der Waals surface area (Å²) < 4.78 is 6.99. The van der Waals surface area contributed by atoms with Crippen molar-refractivity contribution in [3.63, 3.8) is 0 Å². The first-order valence-corrected chi connectivity index (χ1v) is 7.99. The summed E-state index contributed by atoms with van der Waals surface area (Å²) in [5, 5.41) is 4.68. The lowest BCUT2D eigenvalue weighted by molar-refractivity contribution is 0.439. The summed E-state index contributed by atoms with van der Waals surface area (Å²) >= 11 is 12.9. The minimum atomic E-state index is 0.284. The van der Waals surface area contributed by atoms with Gasteiger partial charge in [-0.1, -0.05) is 50.9 Å². The molecule has 0 spiro atoms. The van der Waals surface area contributed by atoms with E-state index in [1.165, 1.54) is 0 Å². The molecule has 6 heteroatoms. The third-order valence-corrected chi connectivity index (χ3v) is 4.81. The Morgan fingerprint density at radius 2 is 1.67 bits per heavy atom. The zero-order valence-electron chi connectivity index (χ0n) is 10.6. The van der Waals surface area contributed by atoms with E-state index < -0.39 is 0 Å². The predicted octanol–water partition coefficient (Wildman–Crippen LogP) is 5.77. The van der Waals surface area contributed by atoms with Crippen molar-refractivity contribution in [2.24, 2.45) is 0 Å². The number of halogens is 3. The third-order valence-electron chi connectivity index (χ3n) is 3.04. The maximum absolute atomic E-state index is 6.15. The molecule has 3 aromatic rings. The second-order valence-corrected chi connectivity index (χ2v) is 6.58. The van der Waals surface area contributed by atoms with E-state index in [9.17, 15) is 0 Å². The Morgan fingerprint density at radius 1 is 1.00 bits per heavy atom. The monoisotopic (exact) mass is 426 g/mol. The smallest absolute Gasteiger partial charge is 0.230 e. The molecule has 0 amide bonds. The Hall–Kier alpha value is -1.30. The molecule has 0 saturated carbocycles. The van der Waals surface area contributed by atoms with Crippen molar-refractivity contribution in [2.45, 2.75) is 0 Å². The lowest BCUT2D eigenvalue weighted by Gasteiger charge is -2.04. The van der Waals surface area contributed by atoms with E-state index in [4.69, 9.17) is 21.9 Å². The van der Waals surface area contributed by atoms with Crippen LogP contribution in [-0.2, 0) is 0 Å². The second kappa shape index (κ2) is 5.83. The number of hydrogen-bond donors (Lipinski definition) is 1. The minimum Gasteiger partial charge on any atom is -0.367 e. The van der Waals surface area contributed by atoms with Crippen molar-refractivity contribution in [1.82, 2.24) is 5.16 Å². The van der Waals surface area contributed by atoms with Crippen LogP contribution in [0.1, 0.15) is 0 Å². The molecule has 0 atom stereocenters. The molecule has 3 nitrogen and oxygen atoms in total. The molecule has 0 radical (unpaired) electrons. The van der Waals surface area contributed by atoms with Gasteiger partial charge in [0.05, 0.1) is 10.6 Å². The van der Waals surface area contributed by atoms with Crippen LogP contribution in [0.5, 0.6) is 0 Å². The molecule has 0 fully saturated rings. The van der Waals surface area contributed by atoms with E-state index >= 15 is 0 Å². The standard InChI is InChI=1S/C15H9Br2ClN2O/c16-10-4-1-8(2-5-10)13-14(20-21-15(13)19)9-3-6-11(17)12(18)7-9/h1-7H,19H2. The number of hydrogen-bond acceptors (Lipinski definition) is 3. The second-order valence-electron chi connectivity index (χ2n) is 4.41. The molecular formula is C15H9Br2ClN2O. The van der Waals surface area contributed by atoms with Gasteiger partial charge in [-0.3, -0.25) is 0 Å². The van der Waals surface area contributed by atoms with Crippen molar-refractivity contribution < 1.29 is 4.52 Å². The molecule has 2 N–H and O–H groups in total. The summed E-state index contributed by atoms with van der Waals surface area (Å²) in [5.74, 6) is 0.284. The largest absolute Gasteiger partial charge is 0.367 e. The van der Waals surface area contributed by atoms with E-state index in [0.717, 1.165) is 25.6 Å². The summed E-state index contributed by atoms with van der Waals surface area (Å²) in [5.41, 5.74) is 9.15. The van der Waals surface area contributed by atoms with Crippen molar-refractivity contribution in [3.8, 4) is 22.4 Å². The molecule has 21 heavy (non-hydrogen) atoms. The van der Waals surface area contributed by atoms with Crippen LogP contribution in [-0.4, -0.2) is 5.16 Å². The van der Waals surface area contributed by atoms with Gasteiger partial charge in [0.2, 0.25) is 5.88 Å². The molecule has 2 aromatic carbocycles. The minimum absolute atomic E-state index is 0.284. The highest BCUT2D eigenvalue weighted by atomic mass is 79.9. The molecule has 1 heterocycles. The summed E-state index contributed by atoms with van der Waals surface area (Å²) in [4.78, 5) is 0. The summed E-state index contributed by atoms with van der Waals surface area (Å²) in [7, 11) is 0. The fourth-order valence-corrected chi connectivity index (χ4v) is 2.73. The normalized spacial score (nSPS) is 10.8. The molecule has 0 aliphatic rings. The lowest BCUT2D eigenvalue weighted by atomic mass is 10.0. The lowest BCUT2D eigenvalue weighted by Crippen LogP contribution is -1.88. The number of benzene rings is 2. The Bertz CT molecular complexity index is 800. The van der Waals surface area contributed by atoms with Gasteiger partial charge in [-0.25, -0.2) is 0 Å². The van der Waals surface area contributed by atoms with Crippen molar-refractivity contribution >= 4 is 49.3 Å². The molecule has 3 rings (SSSR count). The molecule has 0 unspecified atom stereocenters. The van der Waals surface area contributed by atoms with E-state index in [2.05, 4.69) is 37.0 Å². The van der Waals surface area contributed by atoms with Crippen LogP contribution >= 0.6 is 43.5 Å². The van der Waals surface area contributed by atoms with Crippen molar-refractivity contribution in [3.05, 3.63) is 56.4 Å². The highest BCUT2D eigenvalue weighted by Crippen LogP contribution is 2.38. The van der Waals surface area contributed by atoms with Gasteiger partial charge in [-0.2, -0.15) is 0 Å². The zero-order chi connectivity index (χ0) is 15.0. The zero-order valence-corrected chi connectivity index (χ0v) is 14.5. The first kappa shape index (κ1) is 14.6. The van der Waals surface area contributed by atoms with Gasteiger partial charge in [-0.15, -0.1) is 0 Å². The van der Waals surface area contributed by atoms with Gasteiger partial charge in [0, 0.05) is 14.5 Å². The molecule has 0 aliphatic heterocycles. The number of anilines is 1. The molecular weight excluding hydrogens is 419 g/mol. The Balaban J connectivity index is 2.16. The van der Waals surface area contributed by atoms with Gasteiger partial charge in [0.1, 0.15) is 5.69 Å². The van der Waals surface area contributed by atoms with E-state index in [0.29, 0.717) is 10.7 Å². The number of aromatic nitrogens is 1. The Kier molecular flexibility index (Phi) is 4.06. The van der Waals surface area contributed by atoms with Gasteiger partial charge in [0.25, 0.3) is 0 Å². The topological polar surface area (TPSA) is 52.0 Å². The number of nitrogens with zero attached hydrogens (tertiary/aromatic N) is 1. The number of rotatable bonds is 2. The number of nitrogens with two attached hydrogens (primary N) is 1. The van der Waals surface area contributed by atoms with E-state index in [-0.39, 0.29) is 5.88 Å². The predicted molar refractivity (Wildman–Crippen MR) is 92.2 cm³/mol. The molecule has 106 valence electrons. The molecule has 1 aromatic heterocycles. The summed E-state index contributed by atoms with van der Waals surface area (Å²) in [6, 6.07) is 13.4. The van der Waals surface area contributed by atoms with Gasteiger partial charge in [-0.05, 0) is 45.8 Å². The van der Waals surface area contributed by atoms with Crippen molar-refractivity contribution in [1.29, 1.82) is 0 Å². The average Bonchev–Trinajstić information content (AvgIpc) is 2.85. The fraction of sp³-hybridized carbons (Fsp3) is 0. The van der Waals surface area contributed by atoms with Crippen LogP contribution in [0.2, 0.25) is 5.02 Å². The SMILES string of the molecule is Nc1onc(-c2ccc(Br)c(Cl)c2)c1-c1ccc(Br)cc1. The quantitative estimate of drug-likeness (QED) is 0.564. The molecule has 0 bridgehead atoms. The molecule has 0 saturated heterocycles. The van der Waals surface area contributed by atoms with Gasteiger partial charge < -0.3 is 10.3 Å². The highest BCUT2D eigenvalue weighted by Gasteiger charge is 2.18. The maximum Gasteiger partial charge on any atom is 0.230 e. The van der Waals surface area contributed by atoms with Crippen LogP contribution < -0.4 is 5.73 Å². The van der Waals surface area contributed by atoms with Crippen LogP contribution in [0.25, 0.3) is 22.4 Å². The van der Waals surface area contributed by atoms with E-state index in [1.54, 1.807) is 0 Å². The first-order chi connectivity index (χ1) is 10.1. The summed E-state index contributed by atoms with van der Waals surface area (Å²) in [6.45, 7) is 0. The van der Waals surface area contributed by atoms with Gasteiger partial charge in [0.15, 0.2) is 0 Å². The highest BCUT2D eigenvalue weighted by molar-refractivity contribution is 9.10. The fourth-order valence-electron chi connectivity index (χ4n) is 2.04.